The Labute approximate surface area is 163 Å². The van der Waals surface area contributed by atoms with E-state index in [9.17, 15) is 14.0 Å². The third-order valence-electron chi connectivity index (χ3n) is 4.73. The highest BCUT2D eigenvalue weighted by molar-refractivity contribution is 6.04. The van der Waals surface area contributed by atoms with E-state index in [4.69, 9.17) is 4.74 Å². The highest BCUT2D eigenvalue weighted by Crippen LogP contribution is 2.18. The molecule has 1 heterocycles. The fourth-order valence-electron chi connectivity index (χ4n) is 3.07. The second-order valence-electron chi connectivity index (χ2n) is 6.82. The third kappa shape index (κ3) is 4.94. The highest BCUT2D eigenvalue weighted by atomic mass is 19.1. The van der Waals surface area contributed by atoms with E-state index in [0.29, 0.717) is 24.4 Å². The third-order valence-corrected chi connectivity index (χ3v) is 4.73. The molecule has 3 rings (SSSR count). The van der Waals surface area contributed by atoms with Gasteiger partial charge in [0.05, 0.1) is 18.8 Å². The first kappa shape index (κ1) is 20.0. The van der Waals surface area contributed by atoms with Crippen molar-refractivity contribution in [1.29, 1.82) is 0 Å². The number of carbonyl (C=O) groups is 2. The van der Waals surface area contributed by atoms with Gasteiger partial charge in [0.1, 0.15) is 11.9 Å². The molecule has 1 saturated heterocycles. The number of amides is 2. The number of ether oxygens (including phenoxy) is 1. The zero-order chi connectivity index (χ0) is 20.1. The van der Waals surface area contributed by atoms with E-state index in [1.165, 1.54) is 24.3 Å². The van der Waals surface area contributed by atoms with Gasteiger partial charge in [-0.3, -0.25) is 9.59 Å². The Hall–Kier alpha value is -2.77. The van der Waals surface area contributed by atoms with Crippen molar-refractivity contribution in [2.24, 2.45) is 0 Å². The molecule has 28 heavy (non-hydrogen) atoms. The van der Waals surface area contributed by atoms with Crippen LogP contribution in [0.1, 0.15) is 35.8 Å². The smallest absolute Gasteiger partial charge is 0.255 e. The number of carbonyl (C=O) groups excluding carboxylic acids is 2. The minimum atomic E-state index is -0.388. The van der Waals surface area contributed by atoms with Crippen molar-refractivity contribution in [3.63, 3.8) is 0 Å². The summed E-state index contributed by atoms with van der Waals surface area (Å²) in [6.07, 6.45) is -0.176. The van der Waals surface area contributed by atoms with Crippen molar-refractivity contribution in [1.82, 2.24) is 10.6 Å². The van der Waals surface area contributed by atoms with Gasteiger partial charge in [-0.25, -0.2) is 4.39 Å². The molecule has 0 aliphatic carbocycles. The first-order valence-electron chi connectivity index (χ1n) is 9.26. The molecule has 1 fully saturated rings. The van der Waals surface area contributed by atoms with Crippen molar-refractivity contribution in [2.75, 3.05) is 18.5 Å². The number of hydrogen-bond donors (Lipinski definition) is 3. The zero-order valence-electron chi connectivity index (χ0n) is 15.9. The predicted molar refractivity (Wildman–Crippen MR) is 105 cm³/mol. The summed E-state index contributed by atoms with van der Waals surface area (Å²) < 4.78 is 18.5. The van der Waals surface area contributed by atoms with E-state index in [1.807, 2.05) is 26.0 Å². The summed E-state index contributed by atoms with van der Waals surface area (Å²) in [5, 5.41) is 8.92. The molecule has 6 nitrogen and oxygen atoms in total. The van der Waals surface area contributed by atoms with Gasteiger partial charge in [0.15, 0.2) is 0 Å². The van der Waals surface area contributed by atoms with E-state index in [0.717, 1.165) is 5.56 Å². The Morgan fingerprint density at radius 1 is 1.14 bits per heavy atom. The Morgan fingerprint density at radius 3 is 2.46 bits per heavy atom. The van der Waals surface area contributed by atoms with Crippen LogP contribution in [0.25, 0.3) is 0 Å². The van der Waals surface area contributed by atoms with Crippen LogP contribution >= 0.6 is 0 Å². The Balaban J connectivity index is 1.57. The second kappa shape index (κ2) is 8.95. The van der Waals surface area contributed by atoms with Crippen LogP contribution in [0, 0.1) is 5.82 Å². The lowest BCUT2D eigenvalue weighted by Gasteiger charge is -2.30. The molecule has 2 amide bonds. The van der Waals surface area contributed by atoms with Gasteiger partial charge in [-0.2, -0.15) is 0 Å². The lowest BCUT2D eigenvalue weighted by atomic mass is 10.1. The van der Waals surface area contributed by atoms with Crippen molar-refractivity contribution < 1.29 is 18.7 Å². The molecular formula is C21H24FN3O3. The number of rotatable bonds is 5. The normalized spacial score (nSPS) is 20.2. The predicted octanol–water partition coefficient (Wildman–Crippen LogP) is 2.63. The van der Waals surface area contributed by atoms with Gasteiger partial charge in [0.25, 0.3) is 5.91 Å². The lowest BCUT2D eigenvalue weighted by molar-refractivity contribution is -0.129. The molecule has 0 saturated carbocycles. The molecule has 7 heteroatoms. The van der Waals surface area contributed by atoms with Gasteiger partial charge < -0.3 is 20.7 Å². The van der Waals surface area contributed by atoms with Crippen molar-refractivity contribution in [3.05, 3.63) is 65.5 Å². The molecule has 2 aromatic rings. The van der Waals surface area contributed by atoms with E-state index in [1.54, 1.807) is 12.1 Å². The summed E-state index contributed by atoms with van der Waals surface area (Å²) in [5.74, 6) is -0.804. The summed E-state index contributed by atoms with van der Waals surface area (Å²) in [4.78, 5) is 24.6. The van der Waals surface area contributed by atoms with Crippen molar-refractivity contribution >= 4 is 17.5 Å². The average Bonchev–Trinajstić information content (AvgIpc) is 2.69. The molecule has 0 aromatic heterocycles. The largest absolute Gasteiger partial charge is 0.375 e. The molecule has 3 N–H and O–H groups in total. The van der Waals surface area contributed by atoms with E-state index in [-0.39, 0.29) is 35.8 Å². The number of halogens is 1. The Kier molecular flexibility index (Phi) is 6.38. The monoisotopic (exact) mass is 385 g/mol. The molecular weight excluding hydrogens is 361 g/mol. The minimum absolute atomic E-state index is 0.103. The fraction of sp³-hybridized carbons (Fsp3) is 0.333. The van der Waals surface area contributed by atoms with Crippen LogP contribution in [0.5, 0.6) is 0 Å². The molecule has 0 bridgehead atoms. The molecule has 3 atom stereocenters. The topological polar surface area (TPSA) is 79.5 Å². The van der Waals surface area contributed by atoms with Crippen LogP contribution in [-0.2, 0) is 9.53 Å². The molecule has 0 spiro atoms. The summed E-state index contributed by atoms with van der Waals surface area (Å²) >= 11 is 0. The van der Waals surface area contributed by atoms with Gasteiger partial charge in [-0.05, 0) is 55.8 Å². The molecule has 2 aromatic carbocycles. The van der Waals surface area contributed by atoms with Gasteiger partial charge in [0.2, 0.25) is 5.91 Å². The maximum Gasteiger partial charge on any atom is 0.255 e. The summed E-state index contributed by atoms with van der Waals surface area (Å²) in [5.41, 5.74) is 1.91. The summed E-state index contributed by atoms with van der Waals surface area (Å²) in [6, 6.07) is 12.0. The van der Waals surface area contributed by atoms with Crippen LogP contribution < -0.4 is 16.0 Å². The Bertz CT molecular complexity index is 824. The average molecular weight is 385 g/mol. The molecule has 148 valence electrons. The fourth-order valence-corrected chi connectivity index (χ4v) is 3.07. The standard InChI is InChI=1S/C21H24FN3O3/c1-13(24-21(27)19-14(2)28-12-11-23-19)15-5-9-18(10-6-15)25-20(26)16-3-7-17(22)8-4-16/h3-10,13-14,19,23H,11-12H2,1-2H3,(H,24,27)(H,25,26)/t13?,14-,19+/m1/s1. The van der Waals surface area contributed by atoms with Gasteiger partial charge in [-0.1, -0.05) is 12.1 Å². The van der Waals surface area contributed by atoms with Crippen LogP contribution in [-0.4, -0.2) is 37.1 Å². The Morgan fingerprint density at radius 2 is 1.82 bits per heavy atom. The van der Waals surface area contributed by atoms with Gasteiger partial charge in [-0.15, -0.1) is 0 Å². The van der Waals surface area contributed by atoms with E-state index < -0.39 is 0 Å². The van der Waals surface area contributed by atoms with Crippen molar-refractivity contribution in [2.45, 2.75) is 32.0 Å². The van der Waals surface area contributed by atoms with Crippen LogP contribution in [0.2, 0.25) is 0 Å². The van der Waals surface area contributed by atoms with Gasteiger partial charge >= 0.3 is 0 Å². The molecule has 1 aliphatic rings. The first-order valence-corrected chi connectivity index (χ1v) is 9.26. The quantitative estimate of drug-likeness (QED) is 0.739. The van der Waals surface area contributed by atoms with Crippen molar-refractivity contribution in [3.8, 4) is 0 Å². The second-order valence-corrected chi connectivity index (χ2v) is 6.82. The SMILES string of the molecule is CC(NC(=O)[C@H]1NCCO[C@@H]1C)c1ccc(NC(=O)c2ccc(F)cc2)cc1. The first-order chi connectivity index (χ1) is 13.4. The van der Waals surface area contributed by atoms with Crippen LogP contribution in [0.15, 0.2) is 48.5 Å². The maximum atomic E-state index is 13.0. The zero-order valence-corrected chi connectivity index (χ0v) is 15.9. The lowest BCUT2D eigenvalue weighted by Crippen LogP contribution is -2.55. The highest BCUT2D eigenvalue weighted by Gasteiger charge is 2.29. The maximum absolute atomic E-state index is 13.0. The number of nitrogens with one attached hydrogen (secondary N) is 3. The van der Waals surface area contributed by atoms with Gasteiger partial charge in [0, 0.05) is 17.8 Å². The minimum Gasteiger partial charge on any atom is -0.375 e. The number of morpholine rings is 1. The van der Waals surface area contributed by atoms with E-state index in [2.05, 4.69) is 16.0 Å². The number of hydrogen-bond acceptors (Lipinski definition) is 4. The van der Waals surface area contributed by atoms with E-state index >= 15 is 0 Å². The van der Waals surface area contributed by atoms with Crippen LogP contribution in [0.3, 0.4) is 0 Å². The molecule has 0 radical (unpaired) electrons. The molecule has 1 unspecified atom stereocenters. The summed E-state index contributed by atoms with van der Waals surface area (Å²) in [6.45, 7) is 5.03. The van der Waals surface area contributed by atoms with Crippen LogP contribution in [0.4, 0.5) is 10.1 Å². The summed E-state index contributed by atoms with van der Waals surface area (Å²) in [7, 11) is 0. The number of benzene rings is 2. The number of anilines is 1. The molecule has 1 aliphatic heterocycles.